The van der Waals surface area contributed by atoms with Crippen molar-refractivity contribution in [2.24, 2.45) is 0 Å². The summed E-state index contributed by atoms with van der Waals surface area (Å²) in [6.45, 7) is 4.45. The van der Waals surface area contributed by atoms with E-state index in [0.717, 1.165) is 23.3 Å². The first kappa shape index (κ1) is 19.0. The Morgan fingerprint density at radius 3 is 2.48 bits per heavy atom. The Labute approximate surface area is 160 Å². The average Bonchev–Trinajstić information content (AvgIpc) is 2.94. The molecule has 27 heavy (non-hydrogen) atoms. The number of hydrogen-bond donors (Lipinski definition) is 0. The van der Waals surface area contributed by atoms with Gasteiger partial charge in [0.1, 0.15) is 5.75 Å². The molecule has 0 bridgehead atoms. The molecular formula is C22H26N2O3. The molecule has 0 spiro atoms. The van der Waals surface area contributed by atoms with Gasteiger partial charge in [-0.25, -0.2) is 0 Å². The minimum atomic E-state index is 0.0396. The highest BCUT2D eigenvalue weighted by Gasteiger charge is 2.23. The lowest BCUT2D eigenvalue weighted by atomic mass is 10.1. The minimum Gasteiger partial charge on any atom is -0.496 e. The third-order valence-corrected chi connectivity index (χ3v) is 4.94. The van der Waals surface area contributed by atoms with Crippen LogP contribution < -0.4 is 4.74 Å². The van der Waals surface area contributed by atoms with Crippen LogP contribution in [0, 0.1) is 6.92 Å². The smallest absolute Gasteiger partial charge is 0.253 e. The van der Waals surface area contributed by atoms with Crippen molar-refractivity contribution in [2.45, 2.75) is 19.8 Å². The summed E-state index contributed by atoms with van der Waals surface area (Å²) in [5.74, 6) is 0.846. The Hall–Kier alpha value is -2.82. The van der Waals surface area contributed by atoms with Gasteiger partial charge in [0.05, 0.1) is 13.5 Å². The quantitative estimate of drug-likeness (QED) is 0.836. The van der Waals surface area contributed by atoms with Crippen molar-refractivity contribution >= 4 is 11.8 Å². The average molecular weight is 366 g/mol. The number of hydrogen-bond acceptors (Lipinski definition) is 3. The summed E-state index contributed by atoms with van der Waals surface area (Å²) in [5.41, 5.74) is 2.68. The lowest BCUT2D eigenvalue weighted by Crippen LogP contribution is -2.38. The molecule has 0 aromatic heterocycles. The van der Waals surface area contributed by atoms with E-state index >= 15 is 0 Å². The maximum Gasteiger partial charge on any atom is 0.253 e. The molecule has 0 radical (unpaired) electrons. The first-order valence-corrected chi connectivity index (χ1v) is 9.34. The van der Waals surface area contributed by atoms with E-state index < -0.39 is 0 Å². The van der Waals surface area contributed by atoms with Gasteiger partial charge >= 0.3 is 0 Å². The molecule has 2 aromatic rings. The van der Waals surface area contributed by atoms with Crippen LogP contribution in [0.5, 0.6) is 5.75 Å². The zero-order valence-corrected chi connectivity index (χ0v) is 16.0. The molecule has 1 aliphatic heterocycles. The highest BCUT2D eigenvalue weighted by atomic mass is 16.5. The number of ether oxygens (including phenoxy) is 1. The second-order valence-corrected chi connectivity index (χ2v) is 6.88. The van der Waals surface area contributed by atoms with Crippen molar-refractivity contribution in [1.29, 1.82) is 0 Å². The van der Waals surface area contributed by atoms with E-state index in [-0.39, 0.29) is 11.8 Å². The molecular weight excluding hydrogens is 340 g/mol. The Morgan fingerprint density at radius 2 is 1.70 bits per heavy atom. The van der Waals surface area contributed by atoms with Crippen LogP contribution in [0.25, 0.3) is 0 Å². The molecule has 1 aliphatic rings. The lowest BCUT2D eigenvalue weighted by molar-refractivity contribution is -0.130. The lowest BCUT2D eigenvalue weighted by Gasteiger charge is -2.22. The van der Waals surface area contributed by atoms with Crippen LogP contribution in [-0.2, 0) is 11.2 Å². The number of aryl methyl sites for hydroxylation is 1. The van der Waals surface area contributed by atoms with Crippen molar-refractivity contribution in [3.05, 3.63) is 65.2 Å². The zero-order chi connectivity index (χ0) is 19.2. The zero-order valence-electron chi connectivity index (χ0n) is 16.0. The fourth-order valence-corrected chi connectivity index (χ4v) is 3.45. The van der Waals surface area contributed by atoms with Crippen molar-refractivity contribution in [3.8, 4) is 5.75 Å². The summed E-state index contributed by atoms with van der Waals surface area (Å²) in [6.07, 6.45) is 1.10. The summed E-state index contributed by atoms with van der Waals surface area (Å²) in [4.78, 5) is 29.2. The second-order valence-electron chi connectivity index (χ2n) is 6.88. The molecule has 0 N–H and O–H groups in total. The number of benzene rings is 2. The Kier molecular flexibility index (Phi) is 6.12. The van der Waals surface area contributed by atoms with Crippen molar-refractivity contribution in [1.82, 2.24) is 9.80 Å². The third kappa shape index (κ3) is 4.67. The Balaban J connectivity index is 1.62. The van der Waals surface area contributed by atoms with Gasteiger partial charge in [0.2, 0.25) is 5.91 Å². The summed E-state index contributed by atoms with van der Waals surface area (Å²) in [5, 5.41) is 0. The Morgan fingerprint density at radius 1 is 0.963 bits per heavy atom. The predicted molar refractivity (Wildman–Crippen MR) is 105 cm³/mol. The molecule has 1 saturated heterocycles. The van der Waals surface area contributed by atoms with E-state index in [1.165, 1.54) is 0 Å². The molecule has 5 nitrogen and oxygen atoms in total. The van der Waals surface area contributed by atoms with Crippen molar-refractivity contribution in [2.75, 3.05) is 33.3 Å². The van der Waals surface area contributed by atoms with E-state index in [1.807, 2.05) is 65.3 Å². The van der Waals surface area contributed by atoms with E-state index in [4.69, 9.17) is 4.74 Å². The van der Waals surface area contributed by atoms with E-state index in [2.05, 4.69) is 0 Å². The highest BCUT2D eigenvalue weighted by Crippen LogP contribution is 2.19. The fraction of sp³-hybridized carbons (Fsp3) is 0.364. The first-order chi connectivity index (χ1) is 13.1. The maximum absolute atomic E-state index is 12.8. The standard InChI is InChI=1S/C22H26N2O3/c1-17-7-5-9-19(15-17)22(26)24-12-6-11-23(13-14-24)21(25)16-18-8-3-4-10-20(18)27-2/h3-5,7-10,15H,6,11-14,16H2,1-2H3. The van der Waals surface area contributed by atoms with Crippen LogP contribution >= 0.6 is 0 Å². The summed E-state index contributed by atoms with van der Waals surface area (Å²) >= 11 is 0. The molecule has 0 saturated carbocycles. The van der Waals surface area contributed by atoms with Gasteiger partial charge in [-0.15, -0.1) is 0 Å². The number of amides is 2. The SMILES string of the molecule is COc1ccccc1CC(=O)N1CCCN(C(=O)c2cccc(C)c2)CC1. The van der Waals surface area contributed by atoms with Gasteiger partial charge in [-0.3, -0.25) is 9.59 Å². The predicted octanol–water partition coefficient (Wildman–Crippen LogP) is 2.92. The monoisotopic (exact) mass is 366 g/mol. The molecule has 0 unspecified atom stereocenters. The number of methoxy groups -OCH3 is 1. The van der Waals surface area contributed by atoms with Gasteiger partial charge in [-0.05, 0) is 31.5 Å². The van der Waals surface area contributed by atoms with Gasteiger partial charge < -0.3 is 14.5 Å². The summed E-state index contributed by atoms with van der Waals surface area (Å²) < 4.78 is 5.34. The second kappa shape index (κ2) is 8.71. The van der Waals surface area contributed by atoms with Crippen molar-refractivity contribution < 1.29 is 14.3 Å². The van der Waals surface area contributed by atoms with Crippen LogP contribution in [0.1, 0.15) is 27.9 Å². The summed E-state index contributed by atoms with van der Waals surface area (Å²) in [7, 11) is 1.62. The number of carbonyl (C=O) groups is 2. The normalized spacial score (nSPS) is 14.6. The van der Waals surface area contributed by atoms with Gasteiger partial charge in [0.15, 0.2) is 0 Å². The van der Waals surface area contributed by atoms with E-state index in [9.17, 15) is 9.59 Å². The molecule has 5 heteroatoms. The molecule has 0 atom stereocenters. The van der Waals surface area contributed by atoms with Crippen LogP contribution in [0.15, 0.2) is 48.5 Å². The molecule has 142 valence electrons. The van der Waals surface area contributed by atoms with Crippen LogP contribution in [0.3, 0.4) is 0 Å². The number of rotatable bonds is 4. The molecule has 1 fully saturated rings. The van der Waals surface area contributed by atoms with E-state index in [1.54, 1.807) is 7.11 Å². The highest BCUT2D eigenvalue weighted by molar-refractivity contribution is 5.94. The topological polar surface area (TPSA) is 49.9 Å². The molecule has 2 amide bonds. The first-order valence-electron chi connectivity index (χ1n) is 9.34. The van der Waals surface area contributed by atoms with Crippen LogP contribution in [0.4, 0.5) is 0 Å². The molecule has 3 rings (SSSR count). The number of nitrogens with zero attached hydrogens (tertiary/aromatic N) is 2. The molecule has 2 aromatic carbocycles. The molecule has 1 heterocycles. The molecule has 0 aliphatic carbocycles. The largest absolute Gasteiger partial charge is 0.496 e. The number of para-hydroxylation sites is 1. The van der Waals surface area contributed by atoms with Gasteiger partial charge in [0, 0.05) is 37.3 Å². The van der Waals surface area contributed by atoms with Crippen molar-refractivity contribution in [3.63, 3.8) is 0 Å². The number of carbonyl (C=O) groups excluding carboxylic acids is 2. The van der Waals surface area contributed by atoms with Gasteiger partial charge in [-0.2, -0.15) is 0 Å². The van der Waals surface area contributed by atoms with Crippen LogP contribution in [-0.4, -0.2) is 54.9 Å². The van der Waals surface area contributed by atoms with Gasteiger partial charge in [0.25, 0.3) is 5.91 Å². The fourth-order valence-electron chi connectivity index (χ4n) is 3.45. The third-order valence-electron chi connectivity index (χ3n) is 4.94. The van der Waals surface area contributed by atoms with Crippen LogP contribution in [0.2, 0.25) is 0 Å². The van der Waals surface area contributed by atoms with E-state index in [0.29, 0.717) is 38.2 Å². The minimum absolute atomic E-state index is 0.0396. The summed E-state index contributed by atoms with van der Waals surface area (Å²) in [6, 6.07) is 15.3. The maximum atomic E-state index is 12.8. The van der Waals surface area contributed by atoms with Gasteiger partial charge in [-0.1, -0.05) is 35.9 Å². The Bertz CT molecular complexity index is 819.